The summed E-state index contributed by atoms with van der Waals surface area (Å²) in [6.45, 7) is 0.826. The van der Waals surface area contributed by atoms with Crippen LogP contribution in [-0.4, -0.2) is 26.8 Å². The van der Waals surface area contributed by atoms with Gasteiger partial charge in [0.15, 0.2) is 9.84 Å². The van der Waals surface area contributed by atoms with Crippen molar-refractivity contribution in [3.8, 4) is 0 Å². The van der Waals surface area contributed by atoms with Crippen LogP contribution in [0.1, 0.15) is 25.7 Å². The topological polar surface area (TPSA) is 58.2 Å². The van der Waals surface area contributed by atoms with E-state index in [0.717, 1.165) is 24.3 Å². The van der Waals surface area contributed by atoms with Gasteiger partial charge in [0.2, 0.25) is 0 Å². The number of nitrogens with one attached hydrogen (secondary N) is 2. The summed E-state index contributed by atoms with van der Waals surface area (Å²) in [5.74, 6) is 0. The van der Waals surface area contributed by atoms with E-state index >= 15 is 0 Å². The zero-order valence-electron chi connectivity index (χ0n) is 10.5. The predicted octanol–water partition coefficient (Wildman–Crippen LogP) is 2.24. The zero-order valence-corrected chi connectivity index (χ0v) is 11.3. The van der Waals surface area contributed by atoms with E-state index in [1.54, 1.807) is 6.07 Å². The van der Waals surface area contributed by atoms with E-state index in [2.05, 4.69) is 10.6 Å². The van der Waals surface area contributed by atoms with E-state index < -0.39 is 9.84 Å². The Balaban J connectivity index is 2.07. The lowest BCUT2D eigenvalue weighted by molar-refractivity contribution is 0.268. The SMILES string of the molecule is CS(=O)(=O)c1cccc2c1NCCC1(CCC1)N2. The maximum absolute atomic E-state index is 11.8. The van der Waals surface area contributed by atoms with Gasteiger partial charge >= 0.3 is 0 Å². The summed E-state index contributed by atoms with van der Waals surface area (Å²) < 4.78 is 23.6. The molecule has 18 heavy (non-hydrogen) atoms. The molecule has 98 valence electrons. The van der Waals surface area contributed by atoms with Crippen molar-refractivity contribution in [1.82, 2.24) is 0 Å². The van der Waals surface area contributed by atoms with Gasteiger partial charge in [0, 0.05) is 18.3 Å². The third-order valence-corrected chi connectivity index (χ3v) is 5.18. The van der Waals surface area contributed by atoms with Crippen LogP contribution in [0.5, 0.6) is 0 Å². The van der Waals surface area contributed by atoms with Crippen LogP contribution in [0.3, 0.4) is 0 Å². The summed E-state index contributed by atoms with van der Waals surface area (Å²) in [4.78, 5) is 0.392. The summed E-state index contributed by atoms with van der Waals surface area (Å²) >= 11 is 0. The Morgan fingerprint density at radius 1 is 1.22 bits per heavy atom. The molecule has 4 nitrogen and oxygen atoms in total. The molecule has 0 atom stereocenters. The molecule has 2 N–H and O–H groups in total. The molecule has 0 unspecified atom stereocenters. The minimum atomic E-state index is -3.19. The van der Waals surface area contributed by atoms with E-state index in [9.17, 15) is 8.42 Å². The standard InChI is InChI=1S/C13H18N2O2S/c1-18(16,17)11-5-2-4-10-12(11)14-9-8-13(15-10)6-3-7-13/h2,4-5,14-15H,3,6-9H2,1H3. The Morgan fingerprint density at radius 3 is 2.61 bits per heavy atom. The van der Waals surface area contributed by atoms with Gasteiger partial charge in [-0.3, -0.25) is 0 Å². The molecule has 1 heterocycles. The van der Waals surface area contributed by atoms with Gasteiger partial charge in [-0.25, -0.2) is 8.42 Å². The number of anilines is 2. The Morgan fingerprint density at radius 2 is 2.00 bits per heavy atom. The lowest BCUT2D eigenvalue weighted by Crippen LogP contribution is -2.45. The number of fused-ring (bicyclic) bond motifs is 1. The first-order valence-electron chi connectivity index (χ1n) is 6.35. The van der Waals surface area contributed by atoms with Crippen molar-refractivity contribution in [2.45, 2.75) is 36.1 Å². The maximum atomic E-state index is 11.8. The van der Waals surface area contributed by atoms with Gasteiger partial charge in [0.25, 0.3) is 0 Å². The number of benzene rings is 1. The first-order valence-corrected chi connectivity index (χ1v) is 8.25. The molecule has 1 aliphatic carbocycles. The van der Waals surface area contributed by atoms with Gasteiger partial charge in [-0.2, -0.15) is 0 Å². The minimum absolute atomic E-state index is 0.189. The molecule has 1 aliphatic heterocycles. The Labute approximate surface area is 108 Å². The average Bonchev–Trinajstić information content (AvgIpc) is 2.45. The van der Waals surface area contributed by atoms with E-state index in [-0.39, 0.29) is 5.54 Å². The first kappa shape index (κ1) is 11.8. The molecule has 0 amide bonds. The molecular weight excluding hydrogens is 248 g/mol. The molecule has 0 aromatic heterocycles. The van der Waals surface area contributed by atoms with Gasteiger partial charge in [0.05, 0.1) is 16.3 Å². The molecular formula is C13H18N2O2S. The number of hydrogen-bond donors (Lipinski definition) is 2. The van der Waals surface area contributed by atoms with Crippen LogP contribution in [0.2, 0.25) is 0 Å². The second kappa shape index (κ2) is 3.88. The smallest absolute Gasteiger partial charge is 0.177 e. The van der Waals surface area contributed by atoms with Crippen molar-refractivity contribution in [2.75, 3.05) is 23.4 Å². The second-order valence-electron chi connectivity index (χ2n) is 5.39. The number of hydrogen-bond acceptors (Lipinski definition) is 4. The molecule has 1 aromatic rings. The van der Waals surface area contributed by atoms with Gasteiger partial charge in [-0.05, 0) is 37.8 Å². The highest BCUT2D eigenvalue weighted by Crippen LogP contribution is 2.43. The second-order valence-corrected chi connectivity index (χ2v) is 7.37. The highest BCUT2D eigenvalue weighted by Gasteiger charge is 2.38. The third-order valence-electron chi connectivity index (χ3n) is 4.04. The minimum Gasteiger partial charge on any atom is -0.382 e. The highest BCUT2D eigenvalue weighted by atomic mass is 32.2. The lowest BCUT2D eigenvalue weighted by atomic mass is 9.74. The molecule has 1 saturated carbocycles. The largest absolute Gasteiger partial charge is 0.382 e. The van der Waals surface area contributed by atoms with E-state index in [0.29, 0.717) is 4.90 Å². The van der Waals surface area contributed by atoms with Gasteiger partial charge in [-0.15, -0.1) is 0 Å². The quantitative estimate of drug-likeness (QED) is 0.818. The molecule has 0 saturated heterocycles. The van der Waals surface area contributed by atoms with Crippen molar-refractivity contribution in [3.63, 3.8) is 0 Å². The van der Waals surface area contributed by atoms with Crippen LogP contribution in [0.4, 0.5) is 11.4 Å². The summed E-state index contributed by atoms with van der Waals surface area (Å²) in [6.07, 6.45) is 5.92. The Hall–Kier alpha value is -1.23. The Kier molecular flexibility index (Phi) is 2.55. The van der Waals surface area contributed by atoms with Gasteiger partial charge < -0.3 is 10.6 Å². The third kappa shape index (κ3) is 1.86. The molecule has 3 rings (SSSR count). The van der Waals surface area contributed by atoms with Gasteiger partial charge in [-0.1, -0.05) is 6.07 Å². The van der Waals surface area contributed by atoms with Crippen molar-refractivity contribution in [2.24, 2.45) is 0 Å². The summed E-state index contributed by atoms with van der Waals surface area (Å²) in [7, 11) is -3.19. The number of sulfone groups is 1. The first-order chi connectivity index (χ1) is 8.50. The fourth-order valence-electron chi connectivity index (χ4n) is 2.88. The highest BCUT2D eigenvalue weighted by molar-refractivity contribution is 7.90. The Bertz CT molecular complexity index is 577. The monoisotopic (exact) mass is 266 g/mol. The van der Waals surface area contributed by atoms with Crippen LogP contribution < -0.4 is 10.6 Å². The van der Waals surface area contributed by atoms with Gasteiger partial charge in [0.1, 0.15) is 0 Å². The molecule has 2 aliphatic rings. The van der Waals surface area contributed by atoms with Crippen LogP contribution in [-0.2, 0) is 9.84 Å². The van der Waals surface area contributed by atoms with E-state index in [1.165, 1.54) is 25.5 Å². The molecule has 1 aromatic carbocycles. The molecule has 0 radical (unpaired) electrons. The number of para-hydroxylation sites is 1. The molecule has 5 heteroatoms. The van der Waals surface area contributed by atoms with Crippen LogP contribution >= 0.6 is 0 Å². The number of rotatable bonds is 1. The van der Waals surface area contributed by atoms with Crippen molar-refractivity contribution >= 4 is 21.2 Å². The fraction of sp³-hybridized carbons (Fsp3) is 0.538. The van der Waals surface area contributed by atoms with Crippen LogP contribution in [0.25, 0.3) is 0 Å². The fourth-order valence-corrected chi connectivity index (χ4v) is 3.76. The molecule has 1 fully saturated rings. The van der Waals surface area contributed by atoms with E-state index in [4.69, 9.17) is 0 Å². The van der Waals surface area contributed by atoms with Crippen LogP contribution in [0, 0.1) is 0 Å². The summed E-state index contributed by atoms with van der Waals surface area (Å²) in [5.41, 5.74) is 1.85. The average molecular weight is 266 g/mol. The van der Waals surface area contributed by atoms with E-state index in [1.807, 2.05) is 12.1 Å². The van der Waals surface area contributed by atoms with Crippen LogP contribution in [0.15, 0.2) is 23.1 Å². The zero-order chi connectivity index (χ0) is 12.8. The lowest BCUT2D eigenvalue weighted by Gasteiger charge is -2.42. The van der Waals surface area contributed by atoms with Crippen molar-refractivity contribution in [3.05, 3.63) is 18.2 Å². The van der Waals surface area contributed by atoms with Crippen molar-refractivity contribution < 1.29 is 8.42 Å². The summed E-state index contributed by atoms with van der Waals surface area (Å²) in [6, 6.07) is 5.44. The molecule has 1 spiro atoms. The normalized spacial score (nSPS) is 21.2. The molecule has 0 bridgehead atoms. The predicted molar refractivity (Wildman–Crippen MR) is 72.9 cm³/mol. The maximum Gasteiger partial charge on any atom is 0.177 e. The van der Waals surface area contributed by atoms with Crippen molar-refractivity contribution in [1.29, 1.82) is 0 Å². The summed E-state index contributed by atoms with van der Waals surface area (Å²) in [5, 5.41) is 6.84.